The van der Waals surface area contributed by atoms with Gasteiger partial charge < -0.3 is 5.11 Å². The Balaban J connectivity index is 1.71. The summed E-state index contributed by atoms with van der Waals surface area (Å²) in [7, 11) is 0. The van der Waals surface area contributed by atoms with Crippen LogP contribution in [0.25, 0.3) is 0 Å². The van der Waals surface area contributed by atoms with Gasteiger partial charge in [0.1, 0.15) is 0 Å². The van der Waals surface area contributed by atoms with E-state index in [0.29, 0.717) is 0 Å². The van der Waals surface area contributed by atoms with E-state index in [1.807, 2.05) is 0 Å². The van der Waals surface area contributed by atoms with Crippen LogP contribution in [0.2, 0.25) is 0 Å². The lowest BCUT2D eigenvalue weighted by Crippen LogP contribution is -2.23. The predicted octanol–water partition coefficient (Wildman–Crippen LogP) is 3.75. The molecule has 2 aliphatic carbocycles. The molecule has 2 atom stereocenters. The maximum atomic E-state index is 9.65. The molecule has 0 spiro atoms. The Bertz CT molecular complexity index is 182. The minimum Gasteiger partial charge on any atom is -0.393 e. The third-order valence-electron chi connectivity index (χ3n) is 4.56. The Labute approximate surface area is 94.3 Å². The highest BCUT2D eigenvalue weighted by molar-refractivity contribution is 4.77. The fraction of sp³-hybridized carbons (Fsp3) is 1.00. The van der Waals surface area contributed by atoms with E-state index >= 15 is 0 Å². The normalized spacial score (nSPS) is 42.8. The molecule has 2 fully saturated rings. The Kier molecular flexibility index (Phi) is 4.07. The topological polar surface area (TPSA) is 20.2 Å². The smallest absolute Gasteiger partial charge is 0.0542 e. The van der Waals surface area contributed by atoms with E-state index in [9.17, 15) is 5.11 Å². The van der Waals surface area contributed by atoms with Crippen molar-refractivity contribution < 1.29 is 5.11 Å². The molecule has 0 saturated heterocycles. The molecule has 0 aromatic heterocycles. The molecule has 0 aromatic carbocycles. The predicted molar refractivity (Wildman–Crippen MR) is 63.7 cm³/mol. The van der Waals surface area contributed by atoms with Crippen LogP contribution in [0.3, 0.4) is 0 Å². The molecule has 2 unspecified atom stereocenters. The average Bonchev–Trinajstić information content (AvgIpc) is 2.22. The summed E-state index contributed by atoms with van der Waals surface area (Å²) in [6, 6.07) is 0. The van der Waals surface area contributed by atoms with Crippen LogP contribution in [0, 0.1) is 17.8 Å². The van der Waals surface area contributed by atoms with Crippen molar-refractivity contribution >= 4 is 0 Å². The first-order valence-corrected chi connectivity index (χ1v) is 6.92. The highest BCUT2D eigenvalue weighted by atomic mass is 16.3. The molecule has 0 aliphatic heterocycles. The number of hydrogen-bond acceptors (Lipinski definition) is 1. The Morgan fingerprint density at radius 2 is 1.67 bits per heavy atom. The van der Waals surface area contributed by atoms with Gasteiger partial charge in [-0.05, 0) is 37.0 Å². The molecule has 1 nitrogen and oxygen atoms in total. The first-order valence-electron chi connectivity index (χ1n) is 6.92. The van der Waals surface area contributed by atoms with Crippen LogP contribution >= 0.6 is 0 Å². The largest absolute Gasteiger partial charge is 0.393 e. The summed E-state index contributed by atoms with van der Waals surface area (Å²) in [6.07, 6.45) is 12.0. The van der Waals surface area contributed by atoms with E-state index in [1.165, 1.54) is 44.9 Å². The van der Waals surface area contributed by atoms with Crippen molar-refractivity contribution in [3.8, 4) is 0 Å². The number of aliphatic hydroxyl groups is 1. The van der Waals surface area contributed by atoms with Gasteiger partial charge in [0.15, 0.2) is 0 Å². The van der Waals surface area contributed by atoms with E-state index in [-0.39, 0.29) is 6.10 Å². The SMILES string of the molecule is CC1CCC(CC2CCCC(O)C2)CC1. The zero-order valence-corrected chi connectivity index (χ0v) is 10.1. The first-order chi connectivity index (χ1) is 7.24. The molecule has 2 aliphatic rings. The highest BCUT2D eigenvalue weighted by Gasteiger charge is 2.25. The number of aliphatic hydroxyl groups excluding tert-OH is 1. The van der Waals surface area contributed by atoms with Crippen LogP contribution in [0.15, 0.2) is 0 Å². The molecule has 1 heteroatoms. The fourth-order valence-electron chi connectivity index (χ4n) is 3.51. The molecule has 15 heavy (non-hydrogen) atoms. The number of rotatable bonds is 2. The molecule has 2 saturated carbocycles. The van der Waals surface area contributed by atoms with Gasteiger partial charge in [-0.3, -0.25) is 0 Å². The van der Waals surface area contributed by atoms with E-state index in [1.54, 1.807) is 0 Å². The molecule has 0 radical (unpaired) electrons. The minimum absolute atomic E-state index is 0.0197. The molecule has 0 heterocycles. The van der Waals surface area contributed by atoms with Gasteiger partial charge in [0.05, 0.1) is 6.10 Å². The third-order valence-corrected chi connectivity index (χ3v) is 4.56. The lowest BCUT2D eigenvalue weighted by molar-refractivity contribution is 0.0875. The van der Waals surface area contributed by atoms with Crippen LogP contribution < -0.4 is 0 Å². The molecule has 0 amide bonds. The monoisotopic (exact) mass is 210 g/mol. The quantitative estimate of drug-likeness (QED) is 0.736. The third kappa shape index (κ3) is 3.48. The lowest BCUT2D eigenvalue weighted by atomic mass is 9.75. The van der Waals surface area contributed by atoms with Gasteiger partial charge in [-0.25, -0.2) is 0 Å². The molecule has 2 rings (SSSR count). The van der Waals surface area contributed by atoms with Crippen LogP contribution in [-0.4, -0.2) is 11.2 Å². The van der Waals surface area contributed by atoms with Gasteiger partial charge in [0.25, 0.3) is 0 Å². The summed E-state index contributed by atoms with van der Waals surface area (Å²) in [5, 5.41) is 9.65. The lowest BCUT2D eigenvalue weighted by Gasteiger charge is -2.32. The van der Waals surface area contributed by atoms with Crippen LogP contribution in [0.5, 0.6) is 0 Å². The zero-order chi connectivity index (χ0) is 10.7. The van der Waals surface area contributed by atoms with Crippen molar-refractivity contribution in [1.82, 2.24) is 0 Å². The first kappa shape index (κ1) is 11.4. The Morgan fingerprint density at radius 1 is 0.933 bits per heavy atom. The summed E-state index contributed by atoms with van der Waals surface area (Å²) >= 11 is 0. The van der Waals surface area contributed by atoms with Crippen molar-refractivity contribution in [3.05, 3.63) is 0 Å². The standard InChI is InChI=1S/C14H26O/c1-11-5-7-12(8-6-11)9-13-3-2-4-14(15)10-13/h11-15H,2-10H2,1H3. The average molecular weight is 210 g/mol. The van der Waals surface area contributed by atoms with Crippen LogP contribution in [0.4, 0.5) is 0 Å². The van der Waals surface area contributed by atoms with Gasteiger partial charge in [-0.2, -0.15) is 0 Å². The molecule has 0 bridgehead atoms. The molecular formula is C14H26O. The molecule has 0 aromatic rings. The maximum Gasteiger partial charge on any atom is 0.0542 e. The van der Waals surface area contributed by atoms with Gasteiger partial charge in [0, 0.05) is 0 Å². The van der Waals surface area contributed by atoms with Crippen molar-refractivity contribution in [2.45, 2.75) is 70.8 Å². The van der Waals surface area contributed by atoms with Crippen LogP contribution in [0.1, 0.15) is 64.7 Å². The van der Waals surface area contributed by atoms with E-state index in [2.05, 4.69) is 6.92 Å². The second kappa shape index (κ2) is 5.34. The maximum absolute atomic E-state index is 9.65. The minimum atomic E-state index is 0.0197. The van der Waals surface area contributed by atoms with E-state index in [4.69, 9.17) is 0 Å². The van der Waals surface area contributed by atoms with Crippen molar-refractivity contribution in [3.63, 3.8) is 0 Å². The zero-order valence-electron chi connectivity index (χ0n) is 10.1. The van der Waals surface area contributed by atoms with E-state index in [0.717, 1.165) is 30.6 Å². The summed E-state index contributed by atoms with van der Waals surface area (Å²) in [5.74, 6) is 2.79. The summed E-state index contributed by atoms with van der Waals surface area (Å²) in [4.78, 5) is 0. The second-order valence-corrected chi connectivity index (χ2v) is 6.05. The molecule has 88 valence electrons. The van der Waals surface area contributed by atoms with Gasteiger partial charge in [-0.1, -0.05) is 45.4 Å². The highest BCUT2D eigenvalue weighted by Crippen LogP contribution is 2.36. The molecule has 1 N–H and O–H groups in total. The summed E-state index contributed by atoms with van der Waals surface area (Å²) < 4.78 is 0. The summed E-state index contributed by atoms with van der Waals surface area (Å²) in [5.41, 5.74) is 0. The van der Waals surface area contributed by atoms with E-state index < -0.39 is 0 Å². The molecular weight excluding hydrogens is 184 g/mol. The fourth-order valence-corrected chi connectivity index (χ4v) is 3.51. The van der Waals surface area contributed by atoms with Crippen molar-refractivity contribution in [1.29, 1.82) is 0 Å². The van der Waals surface area contributed by atoms with Crippen molar-refractivity contribution in [2.75, 3.05) is 0 Å². The second-order valence-electron chi connectivity index (χ2n) is 6.05. The summed E-state index contributed by atoms with van der Waals surface area (Å²) in [6.45, 7) is 2.39. The van der Waals surface area contributed by atoms with Crippen molar-refractivity contribution in [2.24, 2.45) is 17.8 Å². The van der Waals surface area contributed by atoms with Gasteiger partial charge in [-0.15, -0.1) is 0 Å². The number of hydrogen-bond donors (Lipinski definition) is 1. The Hall–Kier alpha value is -0.0400. The Morgan fingerprint density at radius 3 is 2.33 bits per heavy atom. The van der Waals surface area contributed by atoms with Gasteiger partial charge in [0.2, 0.25) is 0 Å². The van der Waals surface area contributed by atoms with Gasteiger partial charge >= 0.3 is 0 Å². The van der Waals surface area contributed by atoms with Crippen LogP contribution in [-0.2, 0) is 0 Å².